The first-order valence-electron chi connectivity index (χ1n) is 8.39. The topological polar surface area (TPSA) is 101 Å². The summed E-state index contributed by atoms with van der Waals surface area (Å²) >= 11 is 0. The van der Waals surface area contributed by atoms with Gasteiger partial charge in [-0.1, -0.05) is 48.0 Å². The van der Waals surface area contributed by atoms with Crippen LogP contribution in [-0.2, 0) is 10.0 Å². The monoisotopic (exact) mass is 394 g/mol. The average molecular weight is 394 g/mol. The number of hydrazine groups is 1. The highest BCUT2D eigenvalue weighted by atomic mass is 32.2. The van der Waals surface area contributed by atoms with Crippen molar-refractivity contribution in [3.63, 3.8) is 0 Å². The molecule has 0 atom stereocenters. The molecule has 3 rings (SSSR count). The van der Waals surface area contributed by atoms with Crippen LogP contribution >= 0.6 is 0 Å². The fourth-order valence-corrected chi connectivity index (χ4v) is 3.30. The lowest BCUT2D eigenvalue weighted by Crippen LogP contribution is -2.42. The second kappa shape index (κ2) is 8.45. The van der Waals surface area contributed by atoms with Gasteiger partial charge >= 0.3 is 0 Å². The molecule has 0 saturated carbocycles. The van der Waals surface area contributed by atoms with E-state index in [2.05, 4.69) is 20.2 Å². The van der Waals surface area contributed by atoms with E-state index in [1.54, 1.807) is 54.6 Å². The maximum atomic E-state index is 12.7. The Balaban J connectivity index is 1.90. The van der Waals surface area contributed by atoms with E-state index < -0.39 is 15.9 Å². The van der Waals surface area contributed by atoms with E-state index in [0.717, 1.165) is 5.56 Å². The molecule has 1 aromatic heterocycles. The number of amidine groups is 1. The van der Waals surface area contributed by atoms with Crippen molar-refractivity contribution in [2.75, 3.05) is 0 Å². The molecule has 1 amide bonds. The van der Waals surface area contributed by atoms with Crippen molar-refractivity contribution in [3.8, 4) is 0 Å². The zero-order valence-electron chi connectivity index (χ0n) is 15.0. The van der Waals surface area contributed by atoms with Gasteiger partial charge in [0.15, 0.2) is 5.84 Å². The molecule has 0 aliphatic carbocycles. The molecule has 0 unspecified atom stereocenters. The maximum absolute atomic E-state index is 12.7. The maximum Gasteiger partial charge on any atom is 0.284 e. The molecule has 0 fully saturated rings. The molecule has 0 aliphatic heterocycles. The van der Waals surface area contributed by atoms with Gasteiger partial charge in [-0.25, -0.2) is 0 Å². The van der Waals surface area contributed by atoms with Crippen molar-refractivity contribution in [1.29, 1.82) is 0 Å². The Labute approximate surface area is 163 Å². The van der Waals surface area contributed by atoms with Crippen molar-refractivity contribution in [1.82, 2.24) is 15.8 Å². The van der Waals surface area contributed by atoms with Crippen LogP contribution in [0.4, 0.5) is 0 Å². The molecule has 0 bridgehead atoms. The Hall–Kier alpha value is -3.52. The Morgan fingerprint density at radius 3 is 2.14 bits per heavy atom. The van der Waals surface area contributed by atoms with E-state index in [9.17, 15) is 13.2 Å². The van der Waals surface area contributed by atoms with E-state index >= 15 is 0 Å². The SMILES string of the molecule is Cc1ccc(S(=O)(=O)/N=C(\NNC(=O)c2ccncc2)c2ccccc2)cc1. The van der Waals surface area contributed by atoms with Gasteiger partial charge in [0.05, 0.1) is 4.90 Å². The number of rotatable bonds is 4. The van der Waals surface area contributed by atoms with Gasteiger partial charge in [-0.05, 0) is 31.2 Å². The van der Waals surface area contributed by atoms with Gasteiger partial charge in [-0.15, -0.1) is 4.40 Å². The number of hydrogen-bond acceptors (Lipinski definition) is 4. The summed E-state index contributed by atoms with van der Waals surface area (Å²) in [7, 11) is -3.97. The van der Waals surface area contributed by atoms with Crippen LogP contribution in [0.3, 0.4) is 0 Å². The van der Waals surface area contributed by atoms with Crippen molar-refractivity contribution in [2.24, 2.45) is 4.40 Å². The lowest BCUT2D eigenvalue weighted by Gasteiger charge is -2.12. The van der Waals surface area contributed by atoms with Gasteiger partial charge in [-0.2, -0.15) is 8.42 Å². The second-order valence-corrected chi connectivity index (χ2v) is 7.51. The average Bonchev–Trinajstić information content (AvgIpc) is 2.72. The number of aromatic nitrogens is 1. The normalized spacial score (nSPS) is 11.7. The third-order valence-electron chi connectivity index (χ3n) is 3.81. The Morgan fingerprint density at radius 1 is 0.857 bits per heavy atom. The molecule has 142 valence electrons. The molecule has 8 heteroatoms. The Morgan fingerprint density at radius 2 is 1.50 bits per heavy atom. The quantitative estimate of drug-likeness (QED) is 0.402. The van der Waals surface area contributed by atoms with Gasteiger partial charge in [0, 0.05) is 23.5 Å². The second-order valence-electron chi connectivity index (χ2n) is 5.91. The third-order valence-corrected chi connectivity index (χ3v) is 5.11. The fourth-order valence-electron chi connectivity index (χ4n) is 2.32. The molecule has 28 heavy (non-hydrogen) atoms. The van der Waals surface area contributed by atoms with Crippen LogP contribution in [0.15, 0.2) is 88.4 Å². The molecule has 2 aromatic carbocycles. The summed E-state index contributed by atoms with van der Waals surface area (Å²) in [4.78, 5) is 16.2. The van der Waals surface area contributed by atoms with E-state index in [0.29, 0.717) is 11.1 Å². The first kappa shape index (κ1) is 19.2. The smallest absolute Gasteiger partial charge is 0.280 e. The minimum atomic E-state index is -3.97. The van der Waals surface area contributed by atoms with E-state index in [4.69, 9.17) is 0 Å². The summed E-state index contributed by atoms with van der Waals surface area (Å²) in [5, 5.41) is 0. The molecular formula is C20H18N4O3S. The van der Waals surface area contributed by atoms with Crippen molar-refractivity contribution in [3.05, 3.63) is 95.8 Å². The zero-order valence-corrected chi connectivity index (χ0v) is 15.8. The van der Waals surface area contributed by atoms with Gasteiger partial charge < -0.3 is 0 Å². The summed E-state index contributed by atoms with van der Waals surface area (Å²) in [6.07, 6.45) is 2.98. The van der Waals surface area contributed by atoms with Crippen LogP contribution in [-0.4, -0.2) is 25.1 Å². The summed E-state index contributed by atoms with van der Waals surface area (Å²) in [6.45, 7) is 1.87. The number of nitrogens with one attached hydrogen (secondary N) is 2. The molecule has 0 aliphatic rings. The summed E-state index contributed by atoms with van der Waals surface area (Å²) in [5.74, 6) is -0.442. The molecular weight excluding hydrogens is 376 g/mol. The molecule has 0 spiro atoms. The number of amides is 1. The third kappa shape index (κ3) is 4.80. The molecule has 1 heterocycles. The number of nitrogens with zero attached hydrogens (tertiary/aromatic N) is 2. The van der Waals surface area contributed by atoms with E-state index in [1.165, 1.54) is 24.5 Å². The number of sulfonamides is 1. The molecule has 3 aromatic rings. The summed E-state index contributed by atoms with van der Waals surface area (Å²) < 4.78 is 29.3. The van der Waals surface area contributed by atoms with Gasteiger partial charge in [-0.3, -0.25) is 20.6 Å². The summed E-state index contributed by atoms with van der Waals surface area (Å²) in [6, 6.07) is 18.1. The number of aryl methyl sites for hydroxylation is 1. The predicted molar refractivity (Wildman–Crippen MR) is 106 cm³/mol. The standard InChI is InChI=1S/C20H18N4O3S/c1-15-7-9-18(10-8-15)28(26,27)24-19(16-5-3-2-4-6-16)22-23-20(25)17-11-13-21-14-12-17/h2-14H,1H3,(H,22,24)(H,23,25). The van der Waals surface area contributed by atoms with Crippen LogP contribution < -0.4 is 10.9 Å². The van der Waals surface area contributed by atoms with E-state index in [1.807, 2.05) is 6.92 Å². The zero-order chi connectivity index (χ0) is 20.0. The number of carbonyl (C=O) groups excluding carboxylic acids is 1. The number of pyridine rings is 1. The number of carbonyl (C=O) groups is 1. The molecule has 0 saturated heterocycles. The first-order chi connectivity index (χ1) is 13.5. The highest BCUT2D eigenvalue weighted by Crippen LogP contribution is 2.14. The van der Waals surface area contributed by atoms with Crippen LogP contribution in [0, 0.1) is 6.92 Å². The fraction of sp³-hybridized carbons (Fsp3) is 0.0500. The summed E-state index contributed by atoms with van der Waals surface area (Å²) in [5.41, 5.74) is 6.91. The highest BCUT2D eigenvalue weighted by molar-refractivity contribution is 7.90. The lowest BCUT2D eigenvalue weighted by atomic mass is 10.2. The van der Waals surface area contributed by atoms with Crippen LogP contribution in [0.2, 0.25) is 0 Å². The van der Waals surface area contributed by atoms with Crippen molar-refractivity contribution in [2.45, 2.75) is 11.8 Å². The predicted octanol–water partition coefficient (Wildman–Crippen LogP) is 2.46. The Kier molecular flexibility index (Phi) is 5.81. The largest absolute Gasteiger partial charge is 0.284 e. The molecule has 2 N–H and O–H groups in total. The first-order valence-corrected chi connectivity index (χ1v) is 9.83. The van der Waals surface area contributed by atoms with Gasteiger partial charge in [0.1, 0.15) is 0 Å². The molecule has 7 nitrogen and oxygen atoms in total. The Bertz CT molecular complexity index is 1080. The van der Waals surface area contributed by atoms with Crippen LogP contribution in [0.1, 0.15) is 21.5 Å². The number of hydrogen-bond donors (Lipinski definition) is 2. The van der Waals surface area contributed by atoms with E-state index in [-0.39, 0.29) is 10.7 Å². The lowest BCUT2D eigenvalue weighted by molar-refractivity contribution is 0.0944. The van der Waals surface area contributed by atoms with Gasteiger partial charge in [0.2, 0.25) is 0 Å². The van der Waals surface area contributed by atoms with Crippen molar-refractivity contribution >= 4 is 21.8 Å². The minimum absolute atomic E-state index is 0.00332. The van der Waals surface area contributed by atoms with Gasteiger partial charge in [0.25, 0.3) is 15.9 Å². The highest BCUT2D eigenvalue weighted by Gasteiger charge is 2.16. The van der Waals surface area contributed by atoms with Crippen LogP contribution in [0.25, 0.3) is 0 Å². The minimum Gasteiger partial charge on any atom is -0.280 e. The van der Waals surface area contributed by atoms with Crippen molar-refractivity contribution < 1.29 is 13.2 Å². The number of benzene rings is 2. The molecule has 0 radical (unpaired) electrons. The van der Waals surface area contributed by atoms with Crippen LogP contribution in [0.5, 0.6) is 0 Å².